The van der Waals surface area contributed by atoms with E-state index in [1.165, 1.54) is 0 Å². The first-order chi connectivity index (χ1) is 8.70. The van der Waals surface area contributed by atoms with E-state index in [9.17, 15) is 4.79 Å². The number of carbonyl (C=O) groups excluding carboxylic acids is 1. The summed E-state index contributed by atoms with van der Waals surface area (Å²) < 4.78 is 1.03. The van der Waals surface area contributed by atoms with Gasteiger partial charge in [0.15, 0.2) is 0 Å². The molecule has 4 nitrogen and oxygen atoms in total. The third-order valence-electron chi connectivity index (χ3n) is 2.95. The molecule has 0 unspecified atom stereocenters. The van der Waals surface area contributed by atoms with Gasteiger partial charge in [-0.05, 0) is 30.5 Å². The van der Waals surface area contributed by atoms with Crippen LogP contribution in [0.4, 0.5) is 4.79 Å². The zero-order valence-electron chi connectivity index (χ0n) is 10.1. The third kappa shape index (κ3) is 3.71. The lowest BCUT2D eigenvalue weighted by atomic mass is 10.2. The second kappa shape index (κ2) is 6.20. The number of urea groups is 1. The molecule has 2 amide bonds. The summed E-state index contributed by atoms with van der Waals surface area (Å²) in [4.78, 5) is 13.7. The largest absolute Gasteiger partial charge is 0.395 e. The smallest absolute Gasteiger partial charge is 0.317 e. The maximum absolute atomic E-state index is 11.9. The molecule has 0 spiro atoms. The zero-order valence-corrected chi connectivity index (χ0v) is 11.7. The Balaban J connectivity index is 1.84. The molecule has 2 N–H and O–H groups in total. The highest BCUT2D eigenvalue weighted by molar-refractivity contribution is 9.10. The fourth-order valence-electron chi connectivity index (χ4n) is 1.83. The number of hydrogen-bond acceptors (Lipinski definition) is 2. The standard InChI is InChI=1S/C13H17BrN2O2/c14-11-3-1-10(2-4-11)9-15-13(18)16(7-8-17)12-5-6-12/h1-4,12,17H,5-9H2,(H,15,18). The molecule has 18 heavy (non-hydrogen) atoms. The Morgan fingerprint density at radius 1 is 1.39 bits per heavy atom. The van der Waals surface area contributed by atoms with E-state index in [-0.39, 0.29) is 12.6 Å². The van der Waals surface area contributed by atoms with Crippen LogP contribution in [-0.4, -0.2) is 35.2 Å². The summed E-state index contributed by atoms with van der Waals surface area (Å²) in [6, 6.07) is 8.08. The van der Waals surface area contributed by atoms with Crippen LogP contribution in [0, 0.1) is 0 Å². The summed E-state index contributed by atoms with van der Waals surface area (Å²) in [5.74, 6) is 0. The number of carbonyl (C=O) groups is 1. The highest BCUT2D eigenvalue weighted by Gasteiger charge is 2.31. The minimum atomic E-state index is -0.0885. The van der Waals surface area contributed by atoms with Crippen LogP contribution in [0.3, 0.4) is 0 Å². The van der Waals surface area contributed by atoms with Gasteiger partial charge in [0, 0.05) is 23.6 Å². The van der Waals surface area contributed by atoms with Crippen molar-refractivity contribution in [3.63, 3.8) is 0 Å². The SMILES string of the molecule is O=C(NCc1ccc(Br)cc1)N(CCO)C1CC1. The van der Waals surface area contributed by atoms with Crippen LogP contribution in [0.2, 0.25) is 0 Å². The van der Waals surface area contributed by atoms with Crippen LogP contribution in [0.25, 0.3) is 0 Å². The van der Waals surface area contributed by atoms with E-state index < -0.39 is 0 Å². The monoisotopic (exact) mass is 312 g/mol. The molecule has 1 fully saturated rings. The Morgan fingerprint density at radius 3 is 2.61 bits per heavy atom. The van der Waals surface area contributed by atoms with Crippen molar-refractivity contribution in [2.75, 3.05) is 13.2 Å². The molecule has 0 aliphatic heterocycles. The van der Waals surface area contributed by atoms with Crippen LogP contribution >= 0.6 is 15.9 Å². The van der Waals surface area contributed by atoms with Gasteiger partial charge in [-0.2, -0.15) is 0 Å². The van der Waals surface area contributed by atoms with Crippen molar-refractivity contribution < 1.29 is 9.90 Å². The number of hydrogen-bond donors (Lipinski definition) is 2. The quantitative estimate of drug-likeness (QED) is 0.875. The molecule has 0 aromatic heterocycles. The van der Waals surface area contributed by atoms with Crippen LogP contribution < -0.4 is 5.32 Å². The Hall–Kier alpha value is -1.07. The summed E-state index contributed by atoms with van der Waals surface area (Å²) in [6.07, 6.45) is 2.09. The lowest BCUT2D eigenvalue weighted by molar-refractivity contribution is 0.173. The topological polar surface area (TPSA) is 52.6 Å². The first-order valence-corrected chi connectivity index (χ1v) is 6.90. The molecule has 1 aliphatic rings. The van der Waals surface area contributed by atoms with Crippen LogP contribution in [0.5, 0.6) is 0 Å². The van der Waals surface area contributed by atoms with Crippen molar-refractivity contribution in [1.29, 1.82) is 0 Å². The van der Waals surface area contributed by atoms with Crippen molar-refractivity contribution in [2.24, 2.45) is 0 Å². The predicted molar refractivity (Wildman–Crippen MR) is 73.2 cm³/mol. The van der Waals surface area contributed by atoms with Crippen molar-refractivity contribution >= 4 is 22.0 Å². The van der Waals surface area contributed by atoms with E-state index in [0.29, 0.717) is 19.1 Å². The van der Waals surface area contributed by atoms with Crippen molar-refractivity contribution in [2.45, 2.75) is 25.4 Å². The molecule has 5 heteroatoms. The number of nitrogens with zero attached hydrogens (tertiary/aromatic N) is 1. The Bertz CT molecular complexity index is 404. The number of rotatable bonds is 5. The normalized spacial score (nSPS) is 14.3. The van der Waals surface area contributed by atoms with Gasteiger partial charge in [-0.15, -0.1) is 0 Å². The summed E-state index contributed by atoms with van der Waals surface area (Å²) in [7, 11) is 0. The molecule has 0 atom stereocenters. The summed E-state index contributed by atoms with van der Waals surface area (Å²) in [5, 5.41) is 11.8. The number of amides is 2. The van der Waals surface area contributed by atoms with Gasteiger partial charge in [0.05, 0.1) is 6.61 Å². The highest BCUT2D eigenvalue weighted by atomic mass is 79.9. The predicted octanol–water partition coefficient (Wildman–Crippen LogP) is 2.12. The van der Waals surface area contributed by atoms with Gasteiger partial charge in [0.1, 0.15) is 0 Å². The first-order valence-electron chi connectivity index (χ1n) is 6.10. The maximum atomic E-state index is 11.9. The van der Waals surface area contributed by atoms with Gasteiger partial charge >= 0.3 is 6.03 Å². The highest BCUT2D eigenvalue weighted by Crippen LogP contribution is 2.26. The van der Waals surface area contributed by atoms with Gasteiger partial charge in [-0.1, -0.05) is 28.1 Å². The molecular weight excluding hydrogens is 296 g/mol. The molecule has 0 heterocycles. The van der Waals surface area contributed by atoms with Gasteiger partial charge in [0.25, 0.3) is 0 Å². The zero-order chi connectivity index (χ0) is 13.0. The van der Waals surface area contributed by atoms with Crippen LogP contribution in [0.1, 0.15) is 18.4 Å². The second-order valence-corrected chi connectivity index (χ2v) is 5.35. The number of benzene rings is 1. The average molecular weight is 313 g/mol. The number of halogens is 1. The number of aliphatic hydroxyl groups excluding tert-OH is 1. The molecule has 2 rings (SSSR count). The minimum Gasteiger partial charge on any atom is -0.395 e. The van der Waals surface area contributed by atoms with Gasteiger partial charge in [0.2, 0.25) is 0 Å². The van der Waals surface area contributed by atoms with Crippen LogP contribution in [-0.2, 0) is 6.54 Å². The van der Waals surface area contributed by atoms with E-state index in [1.807, 2.05) is 24.3 Å². The Morgan fingerprint density at radius 2 is 2.06 bits per heavy atom. The first kappa shape index (κ1) is 13.4. The Kier molecular flexibility index (Phi) is 4.60. The summed E-state index contributed by atoms with van der Waals surface area (Å²) in [6.45, 7) is 0.944. The van der Waals surface area contributed by atoms with Crippen molar-refractivity contribution in [1.82, 2.24) is 10.2 Å². The summed E-state index contributed by atoms with van der Waals surface area (Å²) in [5.41, 5.74) is 1.06. The lowest BCUT2D eigenvalue weighted by Crippen LogP contribution is -2.42. The van der Waals surface area contributed by atoms with E-state index in [1.54, 1.807) is 4.90 Å². The fraction of sp³-hybridized carbons (Fsp3) is 0.462. The molecule has 98 valence electrons. The van der Waals surface area contributed by atoms with Crippen molar-refractivity contribution in [3.8, 4) is 0 Å². The molecule has 1 aromatic carbocycles. The molecule has 1 saturated carbocycles. The molecule has 0 bridgehead atoms. The van der Waals surface area contributed by atoms with Gasteiger partial charge in [-0.25, -0.2) is 4.79 Å². The molecule has 1 aromatic rings. The second-order valence-electron chi connectivity index (χ2n) is 4.43. The summed E-state index contributed by atoms with van der Waals surface area (Å²) >= 11 is 3.37. The molecule has 1 aliphatic carbocycles. The van der Waals surface area contributed by atoms with Gasteiger partial charge in [-0.3, -0.25) is 0 Å². The maximum Gasteiger partial charge on any atom is 0.317 e. The molecular formula is C13H17BrN2O2. The van der Waals surface area contributed by atoms with Crippen molar-refractivity contribution in [3.05, 3.63) is 34.3 Å². The van der Waals surface area contributed by atoms with Gasteiger partial charge < -0.3 is 15.3 Å². The van der Waals surface area contributed by atoms with E-state index in [0.717, 1.165) is 22.9 Å². The number of aliphatic hydroxyl groups is 1. The van der Waals surface area contributed by atoms with E-state index in [4.69, 9.17) is 5.11 Å². The third-order valence-corrected chi connectivity index (χ3v) is 3.48. The molecule has 0 radical (unpaired) electrons. The molecule has 0 saturated heterocycles. The lowest BCUT2D eigenvalue weighted by Gasteiger charge is -2.21. The van der Waals surface area contributed by atoms with E-state index in [2.05, 4.69) is 21.2 Å². The van der Waals surface area contributed by atoms with E-state index >= 15 is 0 Å². The number of nitrogens with one attached hydrogen (secondary N) is 1. The minimum absolute atomic E-state index is 0.0161. The average Bonchev–Trinajstić information content (AvgIpc) is 3.19. The fourth-order valence-corrected chi connectivity index (χ4v) is 2.09. The Labute approximate surface area is 115 Å². The van der Waals surface area contributed by atoms with Crippen LogP contribution in [0.15, 0.2) is 28.7 Å².